The molecule has 30 heavy (non-hydrogen) atoms. The lowest BCUT2D eigenvalue weighted by Gasteiger charge is -2.38. The first-order chi connectivity index (χ1) is 14.6. The van der Waals surface area contributed by atoms with Crippen LogP contribution >= 0.6 is 0 Å². The third-order valence-electron chi connectivity index (χ3n) is 5.17. The van der Waals surface area contributed by atoms with E-state index >= 15 is 0 Å². The molecule has 2 heterocycles. The molecule has 0 aliphatic carbocycles. The predicted molar refractivity (Wildman–Crippen MR) is 110 cm³/mol. The monoisotopic (exact) mass is 407 g/mol. The predicted octanol–water partition coefficient (Wildman–Crippen LogP) is 3.56. The molecule has 1 saturated heterocycles. The number of furan rings is 1. The van der Waals surface area contributed by atoms with Gasteiger partial charge in [0.1, 0.15) is 11.9 Å². The van der Waals surface area contributed by atoms with Crippen LogP contribution < -0.4 is 5.32 Å². The summed E-state index contributed by atoms with van der Waals surface area (Å²) >= 11 is 0. The highest BCUT2D eigenvalue weighted by molar-refractivity contribution is 5.95. The summed E-state index contributed by atoms with van der Waals surface area (Å²) in [4.78, 5) is 29.5. The first kappa shape index (κ1) is 19.8. The summed E-state index contributed by atoms with van der Waals surface area (Å²) in [5.74, 6) is -0.382. The van der Waals surface area contributed by atoms with Gasteiger partial charge in [0.2, 0.25) is 5.91 Å². The second-order valence-corrected chi connectivity index (χ2v) is 7.11. The van der Waals surface area contributed by atoms with Gasteiger partial charge in [0.25, 0.3) is 5.91 Å². The summed E-state index contributed by atoms with van der Waals surface area (Å²) in [6.45, 7) is 2.07. The van der Waals surface area contributed by atoms with Crippen molar-refractivity contribution >= 4 is 17.5 Å². The molecular formula is C23H22FN3O3. The first-order valence-electron chi connectivity index (χ1n) is 9.80. The van der Waals surface area contributed by atoms with Gasteiger partial charge in [-0.3, -0.25) is 14.5 Å². The van der Waals surface area contributed by atoms with Gasteiger partial charge in [-0.25, -0.2) is 4.39 Å². The van der Waals surface area contributed by atoms with Gasteiger partial charge >= 0.3 is 0 Å². The minimum Gasteiger partial charge on any atom is -0.459 e. The van der Waals surface area contributed by atoms with Crippen molar-refractivity contribution in [2.45, 2.75) is 6.04 Å². The molecule has 7 heteroatoms. The van der Waals surface area contributed by atoms with Crippen molar-refractivity contribution in [3.63, 3.8) is 0 Å². The minimum atomic E-state index is -0.517. The van der Waals surface area contributed by atoms with Crippen LogP contribution in [0.2, 0.25) is 0 Å². The van der Waals surface area contributed by atoms with Crippen LogP contribution in [0.5, 0.6) is 0 Å². The standard InChI is InChI=1S/C23H22FN3O3/c24-18-8-10-19(11-9-18)25-22(28)21(17-5-2-1-3-6-17)26-12-14-27(15-13-26)23(29)20-7-4-16-30-20/h1-11,16,21H,12-15H2,(H,25,28)/t21-/m0/s1. The van der Waals surface area contributed by atoms with Gasteiger partial charge in [-0.2, -0.15) is 0 Å². The van der Waals surface area contributed by atoms with Crippen LogP contribution in [0.1, 0.15) is 22.2 Å². The first-order valence-corrected chi connectivity index (χ1v) is 9.80. The molecule has 1 atom stereocenters. The quantitative estimate of drug-likeness (QED) is 0.702. The molecule has 2 amide bonds. The van der Waals surface area contributed by atoms with Crippen LogP contribution in [0.4, 0.5) is 10.1 Å². The van der Waals surface area contributed by atoms with E-state index in [9.17, 15) is 14.0 Å². The highest BCUT2D eigenvalue weighted by Gasteiger charge is 2.32. The number of benzene rings is 2. The van der Waals surface area contributed by atoms with Gasteiger partial charge in [-0.15, -0.1) is 0 Å². The van der Waals surface area contributed by atoms with E-state index in [1.165, 1.54) is 30.5 Å². The Morgan fingerprint density at radius 1 is 0.900 bits per heavy atom. The lowest BCUT2D eigenvalue weighted by atomic mass is 10.0. The van der Waals surface area contributed by atoms with E-state index < -0.39 is 6.04 Å². The molecule has 1 aliphatic rings. The Hall–Kier alpha value is -3.45. The van der Waals surface area contributed by atoms with Crippen LogP contribution in [-0.2, 0) is 4.79 Å². The maximum absolute atomic E-state index is 13.2. The molecule has 2 aromatic carbocycles. The zero-order chi connectivity index (χ0) is 20.9. The fourth-order valence-electron chi connectivity index (χ4n) is 3.65. The Morgan fingerprint density at radius 2 is 1.60 bits per heavy atom. The van der Waals surface area contributed by atoms with Crippen LogP contribution in [0.15, 0.2) is 77.4 Å². The Morgan fingerprint density at radius 3 is 2.23 bits per heavy atom. The van der Waals surface area contributed by atoms with Crippen LogP contribution in [0.3, 0.4) is 0 Å². The number of carbonyl (C=O) groups excluding carboxylic acids is 2. The SMILES string of the molecule is O=C(Nc1ccc(F)cc1)[C@H](c1ccccc1)N1CCN(C(=O)c2ccco2)CC1. The van der Waals surface area contributed by atoms with E-state index in [2.05, 4.69) is 10.2 Å². The highest BCUT2D eigenvalue weighted by Crippen LogP contribution is 2.25. The number of hydrogen-bond acceptors (Lipinski definition) is 4. The smallest absolute Gasteiger partial charge is 0.289 e. The molecule has 154 valence electrons. The third kappa shape index (κ3) is 4.41. The summed E-state index contributed by atoms with van der Waals surface area (Å²) in [5.41, 5.74) is 1.40. The second kappa shape index (κ2) is 8.92. The van der Waals surface area contributed by atoms with E-state index in [0.29, 0.717) is 37.6 Å². The number of hydrogen-bond donors (Lipinski definition) is 1. The van der Waals surface area contributed by atoms with Crippen molar-refractivity contribution in [2.75, 3.05) is 31.5 Å². The van der Waals surface area contributed by atoms with E-state index in [1.54, 1.807) is 17.0 Å². The highest BCUT2D eigenvalue weighted by atomic mass is 19.1. The Kier molecular flexibility index (Phi) is 5.90. The van der Waals surface area contributed by atoms with Crippen LogP contribution in [-0.4, -0.2) is 47.8 Å². The molecule has 0 spiro atoms. The number of nitrogens with zero attached hydrogens (tertiary/aromatic N) is 2. The summed E-state index contributed by atoms with van der Waals surface area (Å²) in [7, 11) is 0. The van der Waals surface area contributed by atoms with Crippen molar-refractivity contribution in [3.8, 4) is 0 Å². The molecule has 1 fully saturated rings. The number of nitrogens with one attached hydrogen (secondary N) is 1. The van der Waals surface area contributed by atoms with Crippen LogP contribution in [0.25, 0.3) is 0 Å². The number of carbonyl (C=O) groups is 2. The van der Waals surface area contributed by atoms with Crippen molar-refractivity contribution in [1.29, 1.82) is 0 Å². The molecule has 0 bridgehead atoms. The topological polar surface area (TPSA) is 65.8 Å². The molecule has 0 radical (unpaired) electrons. The van der Waals surface area contributed by atoms with Gasteiger partial charge < -0.3 is 14.6 Å². The van der Waals surface area contributed by atoms with Crippen molar-refractivity contribution in [2.24, 2.45) is 0 Å². The second-order valence-electron chi connectivity index (χ2n) is 7.11. The number of rotatable bonds is 5. The van der Waals surface area contributed by atoms with Gasteiger partial charge in [-0.05, 0) is 42.0 Å². The van der Waals surface area contributed by atoms with E-state index in [0.717, 1.165) is 5.56 Å². The average Bonchev–Trinajstić information content (AvgIpc) is 3.31. The number of piperazine rings is 1. The van der Waals surface area contributed by atoms with Crippen molar-refractivity contribution in [1.82, 2.24) is 9.80 Å². The fraction of sp³-hybridized carbons (Fsp3) is 0.217. The van der Waals surface area contributed by atoms with E-state index in [-0.39, 0.29) is 17.6 Å². The molecule has 4 rings (SSSR count). The molecule has 0 saturated carbocycles. The lowest BCUT2D eigenvalue weighted by molar-refractivity contribution is -0.122. The summed E-state index contributed by atoms with van der Waals surface area (Å²) < 4.78 is 18.4. The molecule has 0 unspecified atom stereocenters. The lowest BCUT2D eigenvalue weighted by Crippen LogP contribution is -2.51. The van der Waals surface area contributed by atoms with Gasteiger partial charge in [0.15, 0.2) is 5.76 Å². The molecule has 1 N–H and O–H groups in total. The fourth-order valence-corrected chi connectivity index (χ4v) is 3.65. The molecule has 1 aromatic heterocycles. The van der Waals surface area contributed by atoms with Gasteiger partial charge in [0.05, 0.1) is 6.26 Å². The molecule has 3 aromatic rings. The summed E-state index contributed by atoms with van der Waals surface area (Å²) in [6.07, 6.45) is 1.48. The Bertz CT molecular complexity index is 982. The van der Waals surface area contributed by atoms with Crippen LogP contribution in [0, 0.1) is 5.82 Å². The zero-order valence-electron chi connectivity index (χ0n) is 16.3. The van der Waals surface area contributed by atoms with E-state index in [4.69, 9.17) is 4.42 Å². The van der Waals surface area contributed by atoms with Crippen molar-refractivity contribution < 1.29 is 18.4 Å². The maximum Gasteiger partial charge on any atom is 0.289 e. The largest absolute Gasteiger partial charge is 0.459 e. The number of anilines is 1. The van der Waals surface area contributed by atoms with Gasteiger partial charge in [0, 0.05) is 31.9 Å². The molecular weight excluding hydrogens is 385 g/mol. The van der Waals surface area contributed by atoms with Crippen molar-refractivity contribution in [3.05, 3.63) is 90.1 Å². The van der Waals surface area contributed by atoms with E-state index in [1.807, 2.05) is 30.3 Å². The Balaban J connectivity index is 1.49. The summed E-state index contributed by atoms with van der Waals surface area (Å²) in [6, 6.07) is 18.0. The maximum atomic E-state index is 13.2. The minimum absolute atomic E-state index is 0.147. The average molecular weight is 407 g/mol. The molecule has 1 aliphatic heterocycles. The molecule has 6 nitrogen and oxygen atoms in total. The zero-order valence-corrected chi connectivity index (χ0v) is 16.3. The Labute approximate surface area is 173 Å². The number of amides is 2. The third-order valence-corrected chi connectivity index (χ3v) is 5.17. The summed E-state index contributed by atoms with van der Waals surface area (Å²) in [5, 5.41) is 2.88. The normalized spacial score (nSPS) is 15.6. The number of halogens is 1. The van der Waals surface area contributed by atoms with Gasteiger partial charge in [-0.1, -0.05) is 30.3 Å².